The van der Waals surface area contributed by atoms with Gasteiger partial charge in [0.05, 0.1) is 12.8 Å². The molecule has 0 bridgehead atoms. The van der Waals surface area contributed by atoms with E-state index in [-0.39, 0.29) is 11.5 Å². The van der Waals surface area contributed by atoms with Crippen LogP contribution in [-0.2, 0) is 4.84 Å². The molecule has 9 heteroatoms. The molecular formula is C21H18F2N4O3. The number of aryl methyl sites for hydroxylation is 1. The van der Waals surface area contributed by atoms with Crippen LogP contribution < -0.4 is 5.48 Å². The number of rotatable bonds is 5. The average Bonchev–Trinajstić information content (AvgIpc) is 3.34. The van der Waals surface area contributed by atoms with Crippen molar-refractivity contribution in [1.82, 2.24) is 20.5 Å². The van der Waals surface area contributed by atoms with Gasteiger partial charge in [0.1, 0.15) is 17.7 Å². The normalized spacial score (nSPS) is 15.9. The number of carbonyl (C=O) groups excluding carboxylic acids is 1. The molecule has 1 atom stereocenters. The molecule has 1 aliphatic heterocycles. The Labute approximate surface area is 170 Å². The lowest BCUT2D eigenvalue weighted by molar-refractivity contribution is 0.0760. The number of benzene rings is 2. The first-order valence-corrected chi connectivity index (χ1v) is 9.14. The highest BCUT2D eigenvalue weighted by Crippen LogP contribution is 2.34. The van der Waals surface area contributed by atoms with Gasteiger partial charge in [0, 0.05) is 29.8 Å². The maximum atomic E-state index is 14.0. The maximum absolute atomic E-state index is 14.0. The fourth-order valence-electron chi connectivity index (χ4n) is 3.34. The third kappa shape index (κ3) is 3.79. The number of hydrogen-bond donors (Lipinski definition) is 1. The molecule has 3 aromatic rings. The molecular weight excluding hydrogens is 394 g/mol. The fraction of sp³-hybridized carbons (Fsp3) is 0.190. The average molecular weight is 412 g/mol. The third-order valence-corrected chi connectivity index (χ3v) is 4.71. The van der Waals surface area contributed by atoms with E-state index < -0.39 is 17.7 Å². The molecule has 0 radical (unpaired) electrons. The molecule has 0 saturated heterocycles. The van der Waals surface area contributed by atoms with Crippen molar-refractivity contribution in [1.29, 1.82) is 0 Å². The predicted molar refractivity (Wildman–Crippen MR) is 103 cm³/mol. The first-order valence-electron chi connectivity index (χ1n) is 9.14. The van der Waals surface area contributed by atoms with Crippen molar-refractivity contribution in [3.8, 4) is 11.1 Å². The van der Waals surface area contributed by atoms with E-state index in [9.17, 15) is 13.6 Å². The molecule has 7 nitrogen and oxygen atoms in total. The number of nitrogens with one attached hydrogen (secondary N) is 1. The van der Waals surface area contributed by atoms with Crippen molar-refractivity contribution in [2.75, 3.05) is 7.11 Å². The number of hydroxylamine groups is 1. The summed E-state index contributed by atoms with van der Waals surface area (Å²) in [5, 5.41) is 3.80. The van der Waals surface area contributed by atoms with Crippen LogP contribution in [0.25, 0.3) is 11.1 Å². The Morgan fingerprint density at radius 3 is 2.63 bits per heavy atom. The zero-order valence-electron chi connectivity index (χ0n) is 16.2. The van der Waals surface area contributed by atoms with Gasteiger partial charge >= 0.3 is 0 Å². The molecule has 4 rings (SSSR count). The van der Waals surface area contributed by atoms with Gasteiger partial charge < -0.3 is 9.42 Å². The van der Waals surface area contributed by atoms with Gasteiger partial charge in [-0.25, -0.2) is 8.78 Å². The summed E-state index contributed by atoms with van der Waals surface area (Å²) in [6.07, 6.45) is 2.05. The maximum Gasteiger partial charge on any atom is 0.258 e. The van der Waals surface area contributed by atoms with Crippen molar-refractivity contribution >= 4 is 5.91 Å². The smallest absolute Gasteiger partial charge is 0.258 e. The molecule has 1 N–H and O–H groups in total. The van der Waals surface area contributed by atoms with Crippen LogP contribution in [0.4, 0.5) is 8.78 Å². The van der Waals surface area contributed by atoms with Crippen LogP contribution in [0.15, 0.2) is 58.9 Å². The van der Waals surface area contributed by atoms with Crippen LogP contribution in [0.1, 0.15) is 34.5 Å². The van der Waals surface area contributed by atoms with Crippen molar-refractivity contribution < 1.29 is 22.9 Å². The van der Waals surface area contributed by atoms with Crippen molar-refractivity contribution in [3.63, 3.8) is 0 Å². The lowest BCUT2D eigenvalue weighted by Gasteiger charge is -2.20. The van der Waals surface area contributed by atoms with E-state index in [4.69, 9.17) is 9.36 Å². The summed E-state index contributed by atoms with van der Waals surface area (Å²) in [5.74, 6) is -0.827. The third-order valence-electron chi connectivity index (χ3n) is 4.71. The molecule has 1 aliphatic rings. The summed E-state index contributed by atoms with van der Waals surface area (Å²) in [6.45, 7) is 1.70. The zero-order valence-corrected chi connectivity index (χ0v) is 16.2. The molecule has 1 amide bonds. The minimum absolute atomic E-state index is 0.252. The van der Waals surface area contributed by atoms with Crippen molar-refractivity contribution in [2.24, 2.45) is 0 Å². The summed E-state index contributed by atoms with van der Waals surface area (Å²) in [6, 6.07) is 9.30. The van der Waals surface area contributed by atoms with E-state index in [0.29, 0.717) is 35.0 Å². The fourth-order valence-corrected chi connectivity index (χ4v) is 3.34. The molecule has 0 unspecified atom stereocenters. The lowest BCUT2D eigenvalue weighted by Crippen LogP contribution is -2.27. The van der Waals surface area contributed by atoms with Crippen molar-refractivity contribution in [3.05, 3.63) is 83.3 Å². The molecule has 2 heterocycles. The Bertz CT molecular complexity index is 1110. The van der Waals surface area contributed by atoms with Gasteiger partial charge in [0.2, 0.25) is 5.89 Å². The standard InChI is InChI=1S/C21H18F2N4O3/c1-12-24-20(30-25-12)19-10-16(26-29-2)11-27(19)21(28)14-5-3-13(4-6-14)17-8-7-15(22)9-18(17)23/h3-9,11,19,26H,10H2,1-2H3/t19-/m0/s1. The SMILES string of the molecule is CONC1=CN(C(=O)c2ccc(-c3ccc(F)cc3F)cc2)[C@H](c2nc(C)no2)C1. The summed E-state index contributed by atoms with van der Waals surface area (Å²) in [7, 11) is 1.48. The molecule has 154 valence electrons. The summed E-state index contributed by atoms with van der Waals surface area (Å²) >= 11 is 0. The highest BCUT2D eigenvalue weighted by Gasteiger charge is 2.35. The van der Waals surface area contributed by atoms with Gasteiger partial charge in [-0.3, -0.25) is 15.1 Å². The first kappa shape index (κ1) is 19.7. The van der Waals surface area contributed by atoms with Gasteiger partial charge in [-0.05, 0) is 36.8 Å². The number of carbonyl (C=O) groups is 1. The molecule has 0 spiro atoms. The Hall–Kier alpha value is -3.59. The monoisotopic (exact) mass is 412 g/mol. The summed E-state index contributed by atoms with van der Waals surface area (Å²) in [4.78, 5) is 23.8. The first-order chi connectivity index (χ1) is 14.5. The zero-order chi connectivity index (χ0) is 21.3. The van der Waals surface area contributed by atoms with Crippen LogP contribution in [0.3, 0.4) is 0 Å². The van der Waals surface area contributed by atoms with Crippen LogP contribution in [-0.4, -0.2) is 28.1 Å². The van der Waals surface area contributed by atoms with Gasteiger partial charge in [0.25, 0.3) is 5.91 Å². The van der Waals surface area contributed by atoms with Gasteiger partial charge in [-0.2, -0.15) is 4.98 Å². The van der Waals surface area contributed by atoms with Gasteiger partial charge in [0.15, 0.2) is 5.82 Å². The quantitative estimate of drug-likeness (QED) is 0.640. The second-order valence-corrected chi connectivity index (χ2v) is 6.77. The van der Waals surface area contributed by atoms with E-state index in [1.54, 1.807) is 37.4 Å². The molecule has 1 aromatic heterocycles. The number of halogens is 2. The minimum atomic E-state index is -0.668. The Morgan fingerprint density at radius 2 is 2.00 bits per heavy atom. The van der Waals surface area contributed by atoms with Crippen molar-refractivity contribution in [2.45, 2.75) is 19.4 Å². The molecule has 0 fully saturated rings. The molecule has 0 aliphatic carbocycles. The second-order valence-electron chi connectivity index (χ2n) is 6.77. The topological polar surface area (TPSA) is 80.5 Å². The molecule has 2 aromatic carbocycles. The van der Waals surface area contributed by atoms with Crippen LogP contribution >= 0.6 is 0 Å². The number of aromatic nitrogens is 2. The number of nitrogens with zero attached hydrogens (tertiary/aromatic N) is 3. The predicted octanol–water partition coefficient (Wildman–Crippen LogP) is 3.90. The van der Waals surface area contributed by atoms with Crippen LogP contribution in [0.5, 0.6) is 0 Å². The van der Waals surface area contributed by atoms with E-state index in [1.807, 2.05) is 0 Å². The number of hydrogen-bond acceptors (Lipinski definition) is 6. The highest BCUT2D eigenvalue weighted by molar-refractivity contribution is 5.96. The van der Waals surface area contributed by atoms with Crippen LogP contribution in [0.2, 0.25) is 0 Å². The molecule has 30 heavy (non-hydrogen) atoms. The van der Waals surface area contributed by atoms with Crippen LogP contribution in [0, 0.1) is 18.6 Å². The summed E-state index contributed by atoms with van der Waals surface area (Å²) < 4.78 is 32.4. The summed E-state index contributed by atoms with van der Waals surface area (Å²) in [5.41, 5.74) is 4.58. The van der Waals surface area contributed by atoms with E-state index >= 15 is 0 Å². The van der Waals surface area contributed by atoms with E-state index in [0.717, 1.165) is 6.07 Å². The van der Waals surface area contributed by atoms with E-state index in [2.05, 4.69) is 15.6 Å². The minimum Gasteiger partial charge on any atom is -0.337 e. The van der Waals surface area contributed by atoms with Gasteiger partial charge in [-0.1, -0.05) is 17.3 Å². The largest absolute Gasteiger partial charge is 0.337 e. The number of amides is 1. The highest BCUT2D eigenvalue weighted by atomic mass is 19.1. The Balaban J connectivity index is 1.61. The lowest BCUT2D eigenvalue weighted by atomic mass is 10.0. The second kappa shape index (κ2) is 8.03. The Morgan fingerprint density at radius 1 is 1.23 bits per heavy atom. The molecule has 0 saturated carbocycles. The van der Waals surface area contributed by atoms with Gasteiger partial charge in [-0.15, -0.1) is 0 Å². The van der Waals surface area contributed by atoms with E-state index in [1.165, 1.54) is 24.1 Å². The Kier molecular flexibility index (Phi) is 5.28.